The van der Waals surface area contributed by atoms with Crippen molar-refractivity contribution in [3.05, 3.63) is 56.7 Å². The molecular formula is C15H16ClNOS2. The van der Waals surface area contributed by atoms with E-state index in [9.17, 15) is 4.79 Å². The Morgan fingerprint density at radius 1 is 1.30 bits per heavy atom. The number of rotatable bonds is 6. The summed E-state index contributed by atoms with van der Waals surface area (Å²) in [6.45, 7) is 2.65. The Kier molecular flexibility index (Phi) is 5.95. The minimum atomic E-state index is 0.0703. The van der Waals surface area contributed by atoms with Crippen LogP contribution in [0.3, 0.4) is 0 Å². The summed E-state index contributed by atoms with van der Waals surface area (Å²) < 4.78 is 0.796. The summed E-state index contributed by atoms with van der Waals surface area (Å²) in [5.74, 6) is 1.37. The van der Waals surface area contributed by atoms with Crippen molar-refractivity contribution in [3.8, 4) is 0 Å². The second-order valence-corrected chi connectivity index (χ2v) is 7.19. The number of halogens is 1. The van der Waals surface area contributed by atoms with Crippen molar-refractivity contribution in [2.45, 2.75) is 19.2 Å². The molecular weight excluding hydrogens is 310 g/mol. The van der Waals surface area contributed by atoms with Crippen LogP contribution in [0.2, 0.25) is 4.34 Å². The standard InChI is InChI=1S/C15H16ClNOS2/c1-11-4-2-3-5-12(11)8-17-15(18)10-19-9-13-6-7-14(16)20-13/h2-7H,8-10H2,1H3,(H,17,18). The molecule has 0 aliphatic rings. The molecule has 0 saturated heterocycles. The molecule has 1 amide bonds. The highest BCUT2D eigenvalue weighted by molar-refractivity contribution is 7.99. The molecule has 2 aromatic rings. The van der Waals surface area contributed by atoms with E-state index in [0.29, 0.717) is 12.3 Å². The van der Waals surface area contributed by atoms with Gasteiger partial charge in [0.25, 0.3) is 0 Å². The van der Waals surface area contributed by atoms with Gasteiger partial charge in [-0.2, -0.15) is 0 Å². The number of thioether (sulfide) groups is 1. The van der Waals surface area contributed by atoms with Crippen LogP contribution in [0, 0.1) is 6.92 Å². The SMILES string of the molecule is Cc1ccccc1CNC(=O)CSCc1ccc(Cl)s1. The molecule has 5 heteroatoms. The zero-order valence-corrected chi connectivity index (χ0v) is 13.6. The second kappa shape index (κ2) is 7.72. The number of carbonyl (C=O) groups excluding carboxylic acids is 1. The van der Waals surface area contributed by atoms with Crippen LogP contribution >= 0.6 is 34.7 Å². The van der Waals surface area contributed by atoms with E-state index in [2.05, 4.69) is 18.3 Å². The lowest BCUT2D eigenvalue weighted by Gasteiger charge is -2.07. The monoisotopic (exact) mass is 325 g/mol. The maximum absolute atomic E-state index is 11.8. The highest BCUT2D eigenvalue weighted by atomic mass is 35.5. The van der Waals surface area contributed by atoms with Crippen molar-refractivity contribution < 1.29 is 4.79 Å². The van der Waals surface area contributed by atoms with Gasteiger partial charge in [0.15, 0.2) is 0 Å². The normalized spacial score (nSPS) is 10.5. The van der Waals surface area contributed by atoms with Crippen molar-refractivity contribution in [1.82, 2.24) is 5.32 Å². The number of benzene rings is 1. The Morgan fingerprint density at radius 3 is 2.80 bits per heavy atom. The van der Waals surface area contributed by atoms with E-state index >= 15 is 0 Å². The molecule has 1 aromatic carbocycles. The van der Waals surface area contributed by atoms with E-state index in [-0.39, 0.29) is 5.91 Å². The van der Waals surface area contributed by atoms with Crippen molar-refractivity contribution in [2.24, 2.45) is 0 Å². The van der Waals surface area contributed by atoms with Crippen molar-refractivity contribution >= 4 is 40.6 Å². The van der Waals surface area contributed by atoms with Crippen molar-refractivity contribution in [2.75, 3.05) is 5.75 Å². The minimum absolute atomic E-state index is 0.0703. The fourth-order valence-electron chi connectivity index (χ4n) is 1.73. The molecule has 0 atom stereocenters. The summed E-state index contributed by atoms with van der Waals surface area (Å²) in [5.41, 5.74) is 2.37. The van der Waals surface area contributed by atoms with Gasteiger partial charge in [-0.15, -0.1) is 23.1 Å². The molecule has 0 fully saturated rings. The highest BCUT2D eigenvalue weighted by Crippen LogP contribution is 2.24. The van der Waals surface area contributed by atoms with Gasteiger partial charge < -0.3 is 5.32 Å². The average molecular weight is 326 g/mol. The third kappa shape index (κ3) is 4.85. The quantitative estimate of drug-likeness (QED) is 0.859. The van der Waals surface area contributed by atoms with Gasteiger partial charge in [-0.1, -0.05) is 35.9 Å². The lowest BCUT2D eigenvalue weighted by Crippen LogP contribution is -2.24. The Morgan fingerprint density at radius 2 is 2.10 bits per heavy atom. The zero-order chi connectivity index (χ0) is 14.4. The first-order chi connectivity index (χ1) is 9.65. The van der Waals surface area contributed by atoms with Gasteiger partial charge in [-0.05, 0) is 30.2 Å². The Labute approximate surface area is 132 Å². The number of nitrogens with one attached hydrogen (secondary N) is 1. The molecule has 0 unspecified atom stereocenters. The number of amides is 1. The van der Waals surface area contributed by atoms with Crippen LogP contribution in [0.4, 0.5) is 0 Å². The molecule has 0 radical (unpaired) electrons. The summed E-state index contributed by atoms with van der Waals surface area (Å²) in [7, 11) is 0. The first kappa shape index (κ1) is 15.4. The Bertz CT molecular complexity index is 583. The van der Waals surface area contributed by atoms with Gasteiger partial charge in [-0.3, -0.25) is 4.79 Å². The first-order valence-electron chi connectivity index (χ1n) is 6.28. The molecule has 106 valence electrons. The van der Waals surface area contributed by atoms with E-state index in [1.165, 1.54) is 10.4 Å². The number of hydrogen-bond acceptors (Lipinski definition) is 3. The van der Waals surface area contributed by atoms with Crippen molar-refractivity contribution in [1.29, 1.82) is 0 Å². The molecule has 1 aromatic heterocycles. The molecule has 0 bridgehead atoms. The topological polar surface area (TPSA) is 29.1 Å². The number of hydrogen-bond donors (Lipinski definition) is 1. The van der Waals surface area contributed by atoms with Gasteiger partial charge in [0.05, 0.1) is 10.1 Å². The zero-order valence-electron chi connectivity index (χ0n) is 11.2. The smallest absolute Gasteiger partial charge is 0.230 e. The van der Waals surface area contributed by atoms with Crippen LogP contribution in [-0.2, 0) is 17.1 Å². The Hall–Kier alpha value is -0.970. The number of thiophene rings is 1. The lowest BCUT2D eigenvalue weighted by atomic mass is 10.1. The summed E-state index contributed by atoms with van der Waals surface area (Å²) in [6, 6.07) is 12.0. The predicted octanol–water partition coefficient (Wildman–Crippen LogP) is 4.26. The van der Waals surface area contributed by atoms with Crippen LogP contribution < -0.4 is 5.32 Å². The molecule has 2 rings (SSSR count). The third-order valence-electron chi connectivity index (χ3n) is 2.84. The second-order valence-electron chi connectivity index (χ2n) is 4.40. The van der Waals surface area contributed by atoms with Crippen LogP contribution in [-0.4, -0.2) is 11.7 Å². The van der Waals surface area contributed by atoms with E-state index in [0.717, 1.165) is 15.7 Å². The van der Waals surface area contributed by atoms with E-state index in [1.54, 1.807) is 23.1 Å². The maximum atomic E-state index is 11.8. The molecule has 0 saturated carbocycles. The van der Waals surface area contributed by atoms with E-state index in [1.807, 2.05) is 30.3 Å². The largest absolute Gasteiger partial charge is 0.351 e. The maximum Gasteiger partial charge on any atom is 0.230 e. The van der Waals surface area contributed by atoms with Gasteiger partial charge in [0.2, 0.25) is 5.91 Å². The fourth-order valence-corrected chi connectivity index (χ4v) is 3.78. The van der Waals surface area contributed by atoms with E-state index < -0.39 is 0 Å². The molecule has 1 heterocycles. The van der Waals surface area contributed by atoms with Gasteiger partial charge >= 0.3 is 0 Å². The number of aryl methyl sites for hydroxylation is 1. The lowest BCUT2D eigenvalue weighted by molar-refractivity contribution is -0.118. The molecule has 0 spiro atoms. The average Bonchev–Trinajstić information content (AvgIpc) is 2.83. The van der Waals surface area contributed by atoms with Crippen molar-refractivity contribution in [3.63, 3.8) is 0 Å². The fraction of sp³-hybridized carbons (Fsp3) is 0.267. The first-order valence-corrected chi connectivity index (χ1v) is 8.63. The summed E-state index contributed by atoms with van der Waals surface area (Å²) in [4.78, 5) is 13.0. The summed E-state index contributed by atoms with van der Waals surface area (Å²) in [5, 5.41) is 2.95. The van der Waals surface area contributed by atoms with Gasteiger partial charge in [-0.25, -0.2) is 0 Å². The van der Waals surface area contributed by atoms with Crippen LogP contribution in [0.25, 0.3) is 0 Å². The molecule has 0 aliphatic carbocycles. The van der Waals surface area contributed by atoms with Crippen LogP contribution in [0.5, 0.6) is 0 Å². The minimum Gasteiger partial charge on any atom is -0.351 e. The van der Waals surface area contributed by atoms with Crippen LogP contribution in [0.1, 0.15) is 16.0 Å². The van der Waals surface area contributed by atoms with Crippen LogP contribution in [0.15, 0.2) is 36.4 Å². The predicted molar refractivity (Wildman–Crippen MR) is 88.5 cm³/mol. The van der Waals surface area contributed by atoms with Gasteiger partial charge in [0, 0.05) is 17.2 Å². The summed E-state index contributed by atoms with van der Waals surface area (Å²) in [6.07, 6.45) is 0. The van der Waals surface area contributed by atoms with Gasteiger partial charge in [0.1, 0.15) is 0 Å². The van der Waals surface area contributed by atoms with E-state index in [4.69, 9.17) is 11.6 Å². The Balaban J connectivity index is 1.69. The molecule has 2 nitrogen and oxygen atoms in total. The molecule has 20 heavy (non-hydrogen) atoms. The summed E-state index contributed by atoms with van der Waals surface area (Å²) >= 11 is 9.04. The molecule has 1 N–H and O–H groups in total. The number of carbonyl (C=O) groups is 1. The highest BCUT2D eigenvalue weighted by Gasteiger charge is 2.04. The third-order valence-corrected chi connectivity index (χ3v) is 5.24. The molecule has 0 aliphatic heterocycles.